The van der Waals surface area contributed by atoms with Crippen LogP contribution in [0.25, 0.3) is 0 Å². The Morgan fingerprint density at radius 1 is 0.690 bits per heavy atom. The fraction of sp³-hybridized carbons (Fsp3) is 0.571. The summed E-state index contributed by atoms with van der Waals surface area (Å²) in [5.74, 6) is -3.12. The monoisotopic (exact) mass is 474 g/mol. The van der Waals surface area contributed by atoms with Crippen LogP contribution in [0.5, 0.6) is 17.2 Å². The molecule has 0 unspecified atom stereocenters. The predicted molar refractivity (Wildman–Crippen MR) is 87.6 cm³/mol. The molecule has 29 heavy (non-hydrogen) atoms. The SMILES string of the molecule is CCc1c(O)c(CC)c(O)c(CC(S(=O)(=O)C(F)(F)F)S(=O)(=O)C(F)(F)F)c1O. The van der Waals surface area contributed by atoms with Crippen LogP contribution >= 0.6 is 0 Å². The Kier molecular flexibility index (Phi) is 6.71. The van der Waals surface area contributed by atoms with Crippen molar-refractivity contribution in [1.29, 1.82) is 0 Å². The van der Waals surface area contributed by atoms with Gasteiger partial charge in [-0.1, -0.05) is 13.8 Å². The topological polar surface area (TPSA) is 129 Å². The van der Waals surface area contributed by atoms with E-state index in [4.69, 9.17) is 0 Å². The van der Waals surface area contributed by atoms with E-state index in [9.17, 15) is 58.5 Å². The molecule has 3 N–H and O–H groups in total. The molecular formula is C14H16F6O7S2. The van der Waals surface area contributed by atoms with Crippen molar-refractivity contribution in [3.8, 4) is 17.2 Å². The van der Waals surface area contributed by atoms with E-state index in [0.29, 0.717) is 0 Å². The van der Waals surface area contributed by atoms with Crippen LogP contribution in [0.4, 0.5) is 26.3 Å². The van der Waals surface area contributed by atoms with Crippen molar-refractivity contribution < 1.29 is 58.5 Å². The summed E-state index contributed by atoms with van der Waals surface area (Å²) in [5.41, 5.74) is -14.8. The number of hydrogen-bond acceptors (Lipinski definition) is 7. The molecule has 1 aromatic rings. The second-order valence-corrected chi connectivity index (χ2v) is 10.3. The Bertz CT molecular complexity index is 920. The Morgan fingerprint density at radius 3 is 1.21 bits per heavy atom. The molecule has 0 spiro atoms. The summed E-state index contributed by atoms with van der Waals surface area (Å²) in [6, 6.07) is 0. The summed E-state index contributed by atoms with van der Waals surface area (Å²) in [7, 11) is -13.9. The molecule has 168 valence electrons. The van der Waals surface area contributed by atoms with Gasteiger partial charge in [0.1, 0.15) is 17.2 Å². The zero-order chi connectivity index (χ0) is 23.2. The molecule has 0 atom stereocenters. The maximum atomic E-state index is 12.9. The molecular weight excluding hydrogens is 458 g/mol. The van der Waals surface area contributed by atoms with Gasteiger partial charge in [0.05, 0.1) is 0 Å². The van der Waals surface area contributed by atoms with E-state index in [-0.39, 0.29) is 12.8 Å². The molecule has 0 aromatic heterocycles. The van der Waals surface area contributed by atoms with Crippen LogP contribution < -0.4 is 0 Å². The van der Waals surface area contributed by atoms with Gasteiger partial charge in [-0.25, -0.2) is 16.8 Å². The summed E-state index contributed by atoms with van der Waals surface area (Å²) in [6.07, 6.45) is -2.50. The normalized spacial score (nSPS) is 13.8. The van der Waals surface area contributed by atoms with Gasteiger partial charge in [0.15, 0.2) is 4.58 Å². The maximum absolute atomic E-state index is 12.9. The van der Waals surface area contributed by atoms with Gasteiger partial charge in [0.25, 0.3) is 19.7 Å². The van der Waals surface area contributed by atoms with Crippen LogP contribution in [-0.2, 0) is 38.9 Å². The number of halogens is 6. The molecule has 0 aliphatic carbocycles. The average molecular weight is 474 g/mol. The van der Waals surface area contributed by atoms with Crippen molar-refractivity contribution in [3.63, 3.8) is 0 Å². The van der Waals surface area contributed by atoms with Crippen molar-refractivity contribution in [1.82, 2.24) is 0 Å². The number of hydrogen-bond donors (Lipinski definition) is 3. The van der Waals surface area contributed by atoms with E-state index in [1.165, 1.54) is 13.8 Å². The van der Waals surface area contributed by atoms with Crippen molar-refractivity contribution >= 4 is 19.7 Å². The second-order valence-electron chi connectivity index (χ2n) is 5.80. The van der Waals surface area contributed by atoms with Gasteiger partial charge in [0.2, 0.25) is 0 Å². The summed E-state index contributed by atoms with van der Waals surface area (Å²) in [6.45, 7) is 2.65. The fourth-order valence-corrected chi connectivity index (χ4v) is 5.95. The number of phenolic OH excluding ortho intramolecular Hbond substituents is 3. The second kappa shape index (κ2) is 7.74. The van der Waals surface area contributed by atoms with Crippen LogP contribution in [0, 0.1) is 0 Å². The maximum Gasteiger partial charge on any atom is 0.498 e. The number of aromatic hydroxyl groups is 3. The summed E-state index contributed by atoms with van der Waals surface area (Å²) >= 11 is 0. The first-order chi connectivity index (χ1) is 12.9. The third-order valence-electron chi connectivity index (χ3n) is 4.13. The van der Waals surface area contributed by atoms with Gasteiger partial charge in [-0.15, -0.1) is 0 Å². The van der Waals surface area contributed by atoms with E-state index in [2.05, 4.69) is 0 Å². The molecule has 15 heteroatoms. The van der Waals surface area contributed by atoms with E-state index >= 15 is 0 Å². The van der Waals surface area contributed by atoms with Crippen LogP contribution in [0.2, 0.25) is 0 Å². The standard InChI is InChI=1S/C14H16F6O7S2/c1-3-6-10(21)7(4-2)12(23)8(11(6)22)5-9(28(24,25)13(15,16)17)29(26,27)14(18,19)20/h9,21-23H,3-5H2,1-2H3. The minimum absolute atomic E-state index is 0.222. The first kappa shape index (κ1) is 25.1. The highest BCUT2D eigenvalue weighted by Crippen LogP contribution is 2.46. The summed E-state index contributed by atoms with van der Waals surface area (Å²) < 4.78 is 120. The van der Waals surface area contributed by atoms with Gasteiger partial charge in [-0.05, 0) is 12.8 Å². The largest absolute Gasteiger partial charge is 0.507 e. The number of sulfone groups is 2. The highest BCUT2D eigenvalue weighted by molar-refractivity contribution is 8.09. The van der Waals surface area contributed by atoms with Crippen molar-refractivity contribution in [3.05, 3.63) is 16.7 Å². The zero-order valence-corrected chi connectivity index (χ0v) is 16.4. The molecule has 7 nitrogen and oxygen atoms in total. The number of phenols is 3. The van der Waals surface area contributed by atoms with Crippen molar-refractivity contribution in [2.45, 2.75) is 48.7 Å². The van der Waals surface area contributed by atoms with Gasteiger partial charge >= 0.3 is 11.0 Å². The minimum Gasteiger partial charge on any atom is -0.507 e. The first-order valence-electron chi connectivity index (χ1n) is 7.73. The molecule has 0 heterocycles. The zero-order valence-electron chi connectivity index (χ0n) is 14.8. The fourth-order valence-electron chi connectivity index (χ4n) is 2.60. The Balaban J connectivity index is 3.92. The Hall–Kier alpha value is -1.90. The van der Waals surface area contributed by atoms with E-state index < -0.39 is 75.6 Å². The highest BCUT2D eigenvalue weighted by atomic mass is 32.3. The molecule has 0 aliphatic rings. The van der Waals surface area contributed by atoms with Crippen molar-refractivity contribution in [2.24, 2.45) is 0 Å². The van der Waals surface area contributed by atoms with Crippen LogP contribution in [0.15, 0.2) is 0 Å². The molecule has 0 radical (unpaired) electrons. The van der Waals surface area contributed by atoms with E-state index in [1.54, 1.807) is 0 Å². The molecule has 1 rings (SSSR count). The quantitative estimate of drug-likeness (QED) is 0.541. The van der Waals surface area contributed by atoms with Gasteiger partial charge in [-0.2, -0.15) is 26.3 Å². The Labute approximate surface area is 161 Å². The van der Waals surface area contributed by atoms with Crippen molar-refractivity contribution in [2.75, 3.05) is 0 Å². The molecule has 0 saturated carbocycles. The molecule has 0 saturated heterocycles. The van der Waals surface area contributed by atoms with Gasteiger partial charge in [-0.3, -0.25) is 0 Å². The molecule has 0 fully saturated rings. The first-order valence-corrected chi connectivity index (χ1v) is 10.8. The van der Waals surface area contributed by atoms with Crippen LogP contribution in [-0.4, -0.2) is 47.8 Å². The summed E-state index contributed by atoms with van der Waals surface area (Å²) in [5, 5.41) is 30.1. The van der Waals surface area contributed by atoms with Gasteiger partial charge in [0, 0.05) is 23.1 Å². The smallest absolute Gasteiger partial charge is 0.498 e. The lowest BCUT2D eigenvalue weighted by molar-refractivity contribution is -0.0471. The number of benzene rings is 1. The van der Waals surface area contributed by atoms with Gasteiger partial charge < -0.3 is 15.3 Å². The van der Waals surface area contributed by atoms with E-state index in [1.807, 2.05) is 0 Å². The number of rotatable bonds is 6. The van der Waals surface area contributed by atoms with E-state index in [0.717, 1.165) is 0 Å². The highest BCUT2D eigenvalue weighted by Gasteiger charge is 2.63. The molecule has 0 bridgehead atoms. The molecule has 0 aliphatic heterocycles. The number of alkyl halides is 6. The third-order valence-corrected chi connectivity index (χ3v) is 8.66. The predicted octanol–water partition coefficient (Wildman–Crippen LogP) is 2.67. The molecule has 1 aromatic carbocycles. The summed E-state index contributed by atoms with van der Waals surface area (Å²) in [4.78, 5) is 0. The lowest BCUT2D eigenvalue weighted by Gasteiger charge is -2.23. The lowest BCUT2D eigenvalue weighted by Crippen LogP contribution is -2.46. The molecule has 0 amide bonds. The van der Waals surface area contributed by atoms with Crippen LogP contribution in [0.1, 0.15) is 30.5 Å². The Morgan fingerprint density at radius 2 is 0.966 bits per heavy atom. The minimum atomic E-state index is -6.95. The average Bonchev–Trinajstić information content (AvgIpc) is 2.53. The third kappa shape index (κ3) is 4.20. The lowest BCUT2D eigenvalue weighted by atomic mass is 9.96. The van der Waals surface area contributed by atoms with Crippen LogP contribution in [0.3, 0.4) is 0 Å².